The van der Waals surface area contributed by atoms with Gasteiger partial charge in [-0.25, -0.2) is 0 Å². The molecule has 0 saturated carbocycles. The third kappa shape index (κ3) is 5.15. The predicted octanol–water partition coefficient (Wildman–Crippen LogP) is 15.3. The zero-order chi connectivity index (χ0) is 40.0. The summed E-state index contributed by atoms with van der Waals surface area (Å²) in [6.45, 7) is 4.72. The van der Waals surface area contributed by atoms with Crippen LogP contribution in [-0.2, 0) is 5.41 Å². The molecule has 1 aliphatic rings. The summed E-state index contributed by atoms with van der Waals surface area (Å²) in [7, 11) is 0. The van der Waals surface area contributed by atoms with Gasteiger partial charge in [0.1, 0.15) is 0 Å². The molecule has 0 atom stereocenters. The summed E-state index contributed by atoms with van der Waals surface area (Å²) in [5.74, 6) is 0. The first-order chi connectivity index (χ1) is 29.5. The van der Waals surface area contributed by atoms with E-state index in [4.69, 9.17) is 0 Å². The van der Waals surface area contributed by atoms with E-state index in [-0.39, 0.29) is 5.41 Å². The van der Waals surface area contributed by atoms with Gasteiger partial charge in [-0.05, 0) is 118 Å². The van der Waals surface area contributed by atoms with Gasteiger partial charge >= 0.3 is 0 Å². The Hall–Kier alpha value is -7.62. The van der Waals surface area contributed by atoms with E-state index in [9.17, 15) is 0 Å². The highest BCUT2D eigenvalue weighted by molar-refractivity contribution is 6.11. The van der Waals surface area contributed by atoms with Gasteiger partial charge in [-0.2, -0.15) is 0 Å². The van der Waals surface area contributed by atoms with Gasteiger partial charge in [0, 0.05) is 55.4 Å². The highest BCUT2D eigenvalue weighted by Gasteiger charge is 2.35. The summed E-state index contributed by atoms with van der Waals surface area (Å²) in [4.78, 5) is 2.44. The van der Waals surface area contributed by atoms with Crippen molar-refractivity contribution < 1.29 is 0 Å². The largest absolute Gasteiger partial charge is 0.310 e. The van der Waals surface area contributed by atoms with E-state index in [1.54, 1.807) is 0 Å². The molecular formula is C57H41N3. The molecule has 0 aliphatic heterocycles. The van der Waals surface area contributed by atoms with Crippen molar-refractivity contribution in [1.82, 2.24) is 9.13 Å². The van der Waals surface area contributed by atoms with Crippen molar-refractivity contribution >= 4 is 60.7 Å². The zero-order valence-electron chi connectivity index (χ0n) is 33.5. The van der Waals surface area contributed by atoms with Gasteiger partial charge < -0.3 is 14.0 Å². The first-order valence-corrected chi connectivity index (χ1v) is 20.9. The standard InChI is InChI=1S/C57H41N3/c1-57(2)51-22-12-9-19-45(51)46-32-30-43(36-52(46)57)58(44-31-33-49-47-20-10-13-23-53(47)60(56(49)37-44)41-17-7-4-8-18-41)42-28-25-38(26-29-42)39-27-34-55-50(35-39)48-21-11-14-24-54(48)59(55)40-15-5-3-6-16-40/h3-37H,1-2H3. The van der Waals surface area contributed by atoms with Crippen LogP contribution in [0.1, 0.15) is 25.0 Å². The summed E-state index contributed by atoms with van der Waals surface area (Å²) in [6.07, 6.45) is 0. The lowest BCUT2D eigenvalue weighted by atomic mass is 9.82. The number of rotatable bonds is 6. The molecule has 3 nitrogen and oxygen atoms in total. The van der Waals surface area contributed by atoms with Crippen molar-refractivity contribution in [3.63, 3.8) is 0 Å². The van der Waals surface area contributed by atoms with Crippen molar-refractivity contribution in [3.05, 3.63) is 223 Å². The maximum absolute atomic E-state index is 2.44. The van der Waals surface area contributed by atoms with Crippen molar-refractivity contribution in [2.75, 3.05) is 4.90 Å². The average Bonchev–Trinajstić information content (AvgIpc) is 3.90. The Bertz CT molecular complexity index is 3440. The minimum atomic E-state index is -0.122. The Balaban J connectivity index is 1.02. The van der Waals surface area contributed by atoms with Crippen molar-refractivity contribution in [2.24, 2.45) is 0 Å². The molecule has 0 fully saturated rings. The summed E-state index contributed by atoms with van der Waals surface area (Å²) < 4.78 is 4.78. The number of fused-ring (bicyclic) bond motifs is 9. The highest BCUT2D eigenvalue weighted by atomic mass is 15.1. The molecule has 0 spiro atoms. The Labute approximate surface area is 349 Å². The fourth-order valence-corrected chi connectivity index (χ4v) is 10.0. The Kier molecular flexibility index (Phi) is 7.58. The van der Waals surface area contributed by atoms with E-state index < -0.39 is 0 Å². The van der Waals surface area contributed by atoms with Crippen LogP contribution >= 0.6 is 0 Å². The van der Waals surface area contributed by atoms with Crippen molar-refractivity contribution in [2.45, 2.75) is 19.3 Å². The van der Waals surface area contributed by atoms with Crippen LogP contribution in [0.5, 0.6) is 0 Å². The van der Waals surface area contributed by atoms with E-state index in [0.29, 0.717) is 0 Å². The number of aromatic nitrogens is 2. The van der Waals surface area contributed by atoms with Crippen LogP contribution in [0.3, 0.4) is 0 Å². The monoisotopic (exact) mass is 767 g/mol. The lowest BCUT2D eigenvalue weighted by Crippen LogP contribution is -2.16. The predicted molar refractivity (Wildman–Crippen MR) is 253 cm³/mol. The van der Waals surface area contributed by atoms with Crippen molar-refractivity contribution in [1.29, 1.82) is 0 Å². The molecule has 0 amide bonds. The minimum absolute atomic E-state index is 0.122. The topological polar surface area (TPSA) is 13.1 Å². The third-order valence-corrected chi connectivity index (χ3v) is 12.9. The lowest BCUT2D eigenvalue weighted by molar-refractivity contribution is 0.660. The smallest absolute Gasteiger partial charge is 0.0561 e. The normalized spacial score (nSPS) is 13.0. The van der Waals surface area contributed by atoms with Crippen molar-refractivity contribution in [3.8, 4) is 33.6 Å². The van der Waals surface area contributed by atoms with Gasteiger partial charge in [-0.3, -0.25) is 0 Å². The van der Waals surface area contributed by atoms with Crippen LogP contribution in [-0.4, -0.2) is 9.13 Å². The number of anilines is 3. The summed E-state index contributed by atoms with van der Waals surface area (Å²) in [5.41, 5.74) is 18.1. The van der Waals surface area contributed by atoms with E-state index in [0.717, 1.165) is 22.7 Å². The fourth-order valence-electron chi connectivity index (χ4n) is 10.0. The minimum Gasteiger partial charge on any atom is -0.310 e. The number of hydrogen-bond acceptors (Lipinski definition) is 1. The average molecular weight is 768 g/mol. The Morgan fingerprint density at radius 1 is 0.333 bits per heavy atom. The molecule has 2 heterocycles. The Morgan fingerprint density at radius 2 is 0.833 bits per heavy atom. The second-order valence-electron chi connectivity index (χ2n) is 16.6. The number of nitrogens with zero attached hydrogens (tertiary/aromatic N) is 3. The van der Waals surface area contributed by atoms with Crippen LogP contribution < -0.4 is 4.90 Å². The van der Waals surface area contributed by atoms with E-state index in [2.05, 4.69) is 240 Å². The van der Waals surface area contributed by atoms with Gasteiger partial charge in [-0.15, -0.1) is 0 Å². The summed E-state index contributed by atoms with van der Waals surface area (Å²) >= 11 is 0. The van der Waals surface area contributed by atoms with Gasteiger partial charge in [0.25, 0.3) is 0 Å². The van der Waals surface area contributed by atoms with E-state index in [1.807, 2.05) is 0 Å². The van der Waals surface area contributed by atoms with Crippen LogP contribution in [0.15, 0.2) is 212 Å². The molecule has 60 heavy (non-hydrogen) atoms. The van der Waals surface area contributed by atoms with Crippen LogP contribution in [0.2, 0.25) is 0 Å². The molecular weight excluding hydrogens is 727 g/mol. The van der Waals surface area contributed by atoms with Crippen LogP contribution in [0.4, 0.5) is 17.1 Å². The maximum atomic E-state index is 2.44. The molecule has 1 aliphatic carbocycles. The first-order valence-electron chi connectivity index (χ1n) is 20.9. The molecule has 9 aromatic carbocycles. The first kappa shape index (κ1) is 34.4. The molecule has 12 rings (SSSR count). The lowest BCUT2D eigenvalue weighted by Gasteiger charge is -2.28. The second-order valence-corrected chi connectivity index (χ2v) is 16.6. The SMILES string of the molecule is CC1(C)c2ccccc2-c2ccc(N(c3ccc(-c4ccc5c(c4)c4ccccc4n5-c4ccccc4)cc3)c3ccc4c5ccccc5n(-c5ccccc5)c4c3)cc21. The molecule has 0 bridgehead atoms. The molecule has 2 aromatic heterocycles. The highest BCUT2D eigenvalue weighted by Crippen LogP contribution is 2.51. The quantitative estimate of drug-likeness (QED) is 0.164. The summed E-state index contributed by atoms with van der Waals surface area (Å²) in [5, 5.41) is 5.00. The van der Waals surface area contributed by atoms with Gasteiger partial charge in [-0.1, -0.05) is 141 Å². The zero-order valence-corrected chi connectivity index (χ0v) is 33.5. The third-order valence-electron chi connectivity index (χ3n) is 12.9. The van der Waals surface area contributed by atoms with Gasteiger partial charge in [0.15, 0.2) is 0 Å². The number of para-hydroxylation sites is 4. The maximum Gasteiger partial charge on any atom is 0.0561 e. The molecule has 284 valence electrons. The van der Waals surface area contributed by atoms with E-state index in [1.165, 1.54) is 82.7 Å². The number of hydrogen-bond donors (Lipinski definition) is 0. The molecule has 0 unspecified atom stereocenters. The summed E-state index contributed by atoms with van der Waals surface area (Å²) in [6, 6.07) is 77.9. The van der Waals surface area contributed by atoms with Crippen LogP contribution in [0.25, 0.3) is 77.2 Å². The molecule has 11 aromatic rings. The molecule has 3 heteroatoms. The Morgan fingerprint density at radius 3 is 1.55 bits per heavy atom. The molecule has 0 N–H and O–H groups in total. The molecule has 0 saturated heterocycles. The molecule has 0 radical (unpaired) electrons. The van der Waals surface area contributed by atoms with Gasteiger partial charge in [0.05, 0.1) is 22.1 Å². The van der Waals surface area contributed by atoms with Gasteiger partial charge in [0.2, 0.25) is 0 Å². The fraction of sp³-hybridized carbons (Fsp3) is 0.0526. The number of benzene rings is 9. The van der Waals surface area contributed by atoms with Crippen LogP contribution in [0, 0.1) is 0 Å². The second kappa shape index (κ2) is 13.2. The van der Waals surface area contributed by atoms with E-state index >= 15 is 0 Å².